The summed E-state index contributed by atoms with van der Waals surface area (Å²) in [6.07, 6.45) is 7.09. The highest BCUT2D eigenvalue weighted by molar-refractivity contribution is 5.99. The van der Waals surface area contributed by atoms with Gasteiger partial charge in [-0.3, -0.25) is 4.99 Å². The van der Waals surface area contributed by atoms with E-state index in [0.29, 0.717) is 5.92 Å². The van der Waals surface area contributed by atoms with E-state index in [4.69, 9.17) is 0 Å². The fraction of sp³-hybridized carbons (Fsp3) is 0.364. The zero-order valence-corrected chi connectivity index (χ0v) is 8.04. The molecule has 1 aliphatic rings. The van der Waals surface area contributed by atoms with E-state index in [1.807, 2.05) is 19.3 Å². The molecule has 1 unspecified atom stereocenters. The molecule has 1 N–H and O–H groups in total. The Morgan fingerprint density at radius 1 is 1.54 bits per heavy atom. The second-order valence-electron chi connectivity index (χ2n) is 3.54. The van der Waals surface area contributed by atoms with Gasteiger partial charge in [0, 0.05) is 12.4 Å². The molecule has 0 aliphatic carbocycles. The Balaban J connectivity index is 2.52. The van der Waals surface area contributed by atoms with Crippen molar-refractivity contribution in [2.45, 2.75) is 26.2 Å². The Bertz CT molecular complexity index is 358. The third kappa shape index (κ3) is 1.44. The smallest absolute Gasteiger partial charge is 0.0631 e. The summed E-state index contributed by atoms with van der Waals surface area (Å²) in [7, 11) is 0. The Hall–Kier alpha value is -1.31. The number of allylic oxidation sites excluding steroid dienone is 1. The summed E-state index contributed by atoms with van der Waals surface area (Å²) in [5, 5.41) is 0. The van der Waals surface area contributed by atoms with Gasteiger partial charge in [-0.2, -0.15) is 0 Å². The van der Waals surface area contributed by atoms with Gasteiger partial charge >= 0.3 is 0 Å². The van der Waals surface area contributed by atoms with Gasteiger partial charge in [0.25, 0.3) is 0 Å². The van der Waals surface area contributed by atoms with Gasteiger partial charge < -0.3 is 4.98 Å². The van der Waals surface area contributed by atoms with Crippen molar-refractivity contribution in [3.8, 4) is 0 Å². The molecule has 0 aromatic carbocycles. The van der Waals surface area contributed by atoms with E-state index in [1.54, 1.807) is 0 Å². The van der Waals surface area contributed by atoms with Crippen molar-refractivity contribution in [1.82, 2.24) is 4.98 Å². The van der Waals surface area contributed by atoms with E-state index >= 15 is 0 Å². The summed E-state index contributed by atoms with van der Waals surface area (Å²) in [5.74, 6) is 0.586. The molecule has 1 aromatic rings. The van der Waals surface area contributed by atoms with Crippen LogP contribution >= 0.6 is 0 Å². The zero-order valence-electron chi connectivity index (χ0n) is 8.04. The van der Waals surface area contributed by atoms with Gasteiger partial charge in [-0.15, -0.1) is 0 Å². The van der Waals surface area contributed by atoms with Crippen LogP contribution in [0.5, 0.6) is 0 Å². The lowest BCUT2D eigenvalue weighted by molar-refractivity contribution is 0.776. The quantitative estimate of drug-likeness (QED) is 0.626. The van der Waals surface area contributed by atoms with E-state index in [0.717, 1.165) is 12.1 Å². The predicted octanol–water partition coefficient (Wildman–Crippen LogP) is 2.84. The number of aromatic nitrogens is 1. The Kier molecular flexibility index (Phi) is 2.05. The van der Waals surface area contributed by atoms with Crippen LogP contribution in [0.15, 0.2) is 29.5 Å². The minimum atomic E-state index is 0.586. The monoisotopic (exact) mass is 174 g/mol. The topological polar surface area (TPSA) is 28.1 Å². The third-order valence-corrected chi connectivity index (χ3v) is 2.54. The highest BCUT2D eigenvalue weighted by Gasteiger charge is 2.13. The summed E-state index contributed by atoms with van der Waals surface area (Å²) in [4.78, 5) is 7.58. The van der Waals surface area contributed by atoms with E-state index in [2.05, 4.69) is 29.0 Å². The summed E-state index contributed by atoms with van der Waals surface area (Å²) in [6, 6.07) is 2.15. The molecule has 2 rings (SSSR count). The van der Waals surface area contributed by atoms with Crippen molar-refractivity contribution in [3.05, 3.63) is 35.8 Å². The molecule has 13 heavy (non-hydrogen) atoms. The van der Waals surface area contributed by atoms with E-state index in [1.165, 1.54) is 11.3 Å². The van der Waals surface area contributed by atoms with Gasteiger partial charge in [0.1, 0.15) is 0 Å². The average molecular weight is 174 g/mol. The Morgan fingerprint density at radius 3 is 3.23 bits per heavy atom. The van der Waals surface area contributed by atoms with Crippen LogP contribution in [-0.2, 0) is 0 Å². The second-order valence-corrected chi connectivity index (χ2v) is 3.54. The number of nitrogens with one attached hydrogen (secondary N) is 1. The van der Waals surface area contributed by atoms with Crippen LogP contribution in [0.1, 0.15) is 37.4 Å². The molecule has 2 heterocycles. The third-order valence-electron chi connectivity index (χ3n) is 2.54. The van der Waals surface area contributed by atoms with Gasteiger partial charge in [-0.25, -0.2) is 0 Å². The summed E-state index contributed by atoms with van der Waals surface area (Å²) < 4.78 is 0. The van der Waals surface area contributed by atoms with Crippen molar-refractivity contribution in [1.29, 1.82) is 0 Å². The molecule has 0 fully saturated rings. The number of H-pyrrole nitrogens is 1. The first-order valence-corrected chi connectivity index (χ1v) is 4.66. The highest BCUT2D eigenvalue weighted by atomic mass is 14.8. The maximum Gasteiger partial charge on any atom is 0.0631 e. The Morgan fingerprint density at radius 2 is 2.38 bits per heavy atom. The largest absolute Gasteiger partial charge is 0.360 e. The van der Waals surface area contributed by atoms with Gasteiger partial charge in [0.15, 0.2) is 0 Å². The number of rotatable bonds is 0. The first-order valence-electron chi connectivity index (χ1n) is 4.66. The van der Waals surface area contributed by atoms with Crippen LogP contribution in [0.25, 0.3) is 0 Å². The molecule has 2 nitrogen and oxygen atoms in total. The average Bonchev–Trinajstić information content (AvgIpc) is 2.57. The zero-order chi connectivity index (χ0) is 9.26. The molecule has 0 spiro atoms. The van der Waals surface area contributed by atoms with Crippen LogP contribution in [0.2, 0.25) is 0 Å². The van der Waals surface area contributed by atoms with Crippen LogP contribution in [0.3, 0.4) is 0 Å². The van der Waals surface area contributed by atoms with Crippen molar-refractivity contribution < 1.29 is 0 Å². The van der Waals surface area contributed by atoms with E-state index in [-0.39, 0.29) is 0 Å². The maximum absolute atomic E-state index is 4.34. The molecule has 0 amide bonds. The molecule has 1 aromatic heterocycles. The number of hydrogen-bond donors (Lipinski definition) is 1. The lowest BCUT2D eigenvalue weighted by atomic mass is 9.96. The van der Waals surface area contributed by atoms with Crippen LogP contribution < -0.4 is 0 Å². The molecule has 0 saturated carbocycles. The van der Waals surface area contributed by atoms with Crippen molar-refractivity contribution in [2.75, 3.05) is 0 Å². The van der Waals surface area contributed by atoms with E-state index in [9.17, 15) is 0 Å². The lowest BCUT2D eigenvalue weighted by Crippen LogP contribution is -2.03. The summed E-state index contributed by atoms with van der Waals surface area (Å²) in [6.45, 7) is 4.29. The molecule has 0 bridgehead atoms. The van der Waals surface area contributed by atoms with Gasteiger partial charge in [0.2, 0.25) is 0 Å². The van der Waals surface area contributed by atoms with Crippen molar-refractivity contribution in [3.63, 3.8) is 0 Å². The number of aliphatic imine (C=N–C) groups is 1. The SMILES string of the molecule is CC1=N/C=C/CC(C)c2cc[nH]c21. The number of nitrogens with zero attached hydrogens (tertiary/aromatic N) is 1. The van der Waals surface area contributed by atoms with Crippen molar-refractivity contribution >= 4 is 5.71 Å². The second kappa shape index (κ2) is 3.21. The number of aromatic amines is 1. The van der Waals surface area contributed by atoms with Crippen molar-refractivity contribution in [2.24, 2.45) is 4.99 Å². The fourth-order valence-electron chi connectivity index (χ4n) is 1.73. The number of hydrogen-bond acceptors (Lipinski definition) is 1. The highest BCUT2D eigenvalue weighted by Crippen LogP contribution is 2.24. The molecule has 1 aliphatic heterocycles. The van der Waals surface area contributed by atoms with Gasteiger partial charge in [0.05, 0.1) is 11.4 Å². The van der Waals surface area contributed by atoms with E-state index < -0.39 is 0 Å². The molecular formula is C11H14N2. The maximum atomic E-state index is 4.34. The summed E-state index contributed by atoms with van der Waals surface area (Å²) in [5.41, 5.74) is 3.64. The molecule has 1 atom stereocenters. The Labute approximate surface area is 78.4 Å². The fourth-order valence-corrected chi connectivity index (χ4v) is 1.73. The molecular weight excluding hydrogens is 160 g/mol. The first-order chi connectivity index (χ1) is 6.29. The molecule has 0 radical (unpaired) electrons. The lowest BCUT2D eigenvalue weighted by Gasteiger charge is -2.11. The standard InChI is InChI=1S/C11H14N2/c1-8-4-3-6-12-9(2)11-10(8)5-7-13-11/h3,5-8,13H,4H2,1-2H3/b6-3+,12-9?. The van der Waals surface area contributed by atoms with Gasteiger partial charge in [-0.05, 0) is 30.9 Å². The first kappa shape index (κ1) is 8.30. The van der Waals surface area contributed by atoms with Crippen LogP contribution in [-0.4, -0.2) is 10.7 Å². The minimum Gasteiger partial charge on any atom is -0.360 e. The normalized spacial score (nSPS) is 24.2. The van der Waals surface area contributed by atoms with Gasteiger partial charge in [-0.1, -0.05) is 13.0 Å². The minimum absolute atomic E-state index is 0.586. The summed E-state index contributed by atoms with van der Waals surface area (Å²) >= 11 is 0. The molecule has 2 heteroatoms. The molecule has 0 saturated heterocycles. The van der Waals surface area contributed by atoms with Crippen LogP contribution in [0, 0.1) is 0 Å². The predicted molar refractivity (Wildman–Crippen MR) is 55.2 cm³/mol. The number of fused-ring (bicyclic) bond motifs is 1. The van der Waals surface area contributed by atoms with Crippen LogP contribution in [0.4, 0.5) is 0 Å². The molecule has 68 valence electrons.